The zero-order valence-electron chi connectivity index (χ0n) is 23.1. The third-order valence-corrected chi connectivity index (χ3v) is 7.06. The van der Waals surface area contributed by atoms with Crippen LogP contribution in [0.15, 0.2) is 67.6 Å². The second kappa shape index (κ2) is 13.3. The molecule has 2 aromatic heterocycles. The van der Waals surface area contributed by atoms with Gasteiger partial charge < -0.3 is 35.1 Å². The topological polar surface area (TPSA) is 128 Å². The molecule has 5 rings (SSSR count). The molecule has 3 heterocycles. The molecule has 4 N–H and O–H groups in total. The maximum absolute atomic E-state index is 12.4. The minimum atomic E-state index is -0.300. The van der Waals surface area contributed by atoms with E-state index in [0.29, 0.717) is 36.2 Å². The number of anilines is 4. The van der Waals surface area contributed by atoms with Crippen molar-refractivity contribution in [2.45, 2.75) is 0 Å². The lowest BCUT2D eigenvalue weighted by Gasteiger charge is -2.37. The van der Waals surface area contributed by atoms with E-state index >= 15 is 0 Å². The van der Waals surface area contributed by atoms with E-state index in [-0.39, 0.29) is 12.5 Å². The summed E-state index contributed by atoms with van der Waals surface area (Å²) < 4.78 is 11.2. The summed E-state index contributed by atoms with van der Waals surface area (Å²) >= 11 is 0. The molecule has 1 amide bonds. The number of hydrogen-bond donors (Lipinski definition) is 4. The fourth-order valence-electron chi connectivity index (χ4n) is 4.95. The fourth-order valence-corrected chi connectivity index (χ4v) is 4.95. The van der Waals surface area contributed by atoms with Crippen LogP contribution in [0.2, 0.25) is 0 Å². The van der Waals surface area contributed by atoms with E-state index in [2.05, 4.69) is 48.0 Å². The van der Waals surface area contributed by atoms with Crippen LogP contribution in [0.4, 0.5) is 22.9 Å². The number of nitrogens with zero attached hydrogens (tertiary/aromatic N) is 4. The van der Waals surface area contributed by atoms with Crippen molar-refractivity contribution in [3.63, 3.8) is 0 Å². The third kappa shape index (κ3) is 6.65. The molecule has 0 saturated carbocycles. The van der Waals surface area contributed by atoms with Gasteiger partial charge in [0.15, 0.2) is 0 Å². The van der Waals surface area contributed by atoms with Crippen LogP contribution in [0.25, 0.3) is 22.2 Å². The largest absolute Gasteiger partial charge is 0.494 e. The quantitative estimate of drug-likeness (QED) is 0.152. The Kier molecular flexibility index (Phi) is 9.09. The van der Waals surface area contributed by atoms with Crippen molar-refractivity contribution in [3.8, 4) is 17.0 Å². The van der Waals surface area contributed by atoms with Crippen LogP contribution < -0.4 is 20.3 Å². The first-order valence-electron chi connectivity index (χ1n) is 13.6. The normalized spacial score (nSPS) is 13.8. The number of amides is 1. The van der Waals surface area contributed by atoms with E-state index in [0.717, 1.165) is 60.6 Å². The summed E-state index contributed by atoms with van der Waals surface area (Å²) in [4.78, 5) is 29.2. The van der Waals surface area contributed by atoms with Gasteiger partial charge in [0.1, 0.15) is 17.9 Å². The molecule has 0 unspecified atom stereocenters. The van der Waals surface area contributed by atoms with Gasteiger partial charge in [0.25, 0.3) is 0 Å². The van der Waals surface area contributed by atoms with Crippen LogP contribution in [0.5, 0.6) is 5.75 Å². The number of aromatic nitrogens is 3. The number of rotatable bonds is 12. The molecule has 0 atom stereocenters. The number of H-pyrrole nitrogens is 1. The molecular formula is C30H35N7O4. The maximum atomic E-state index is 12.4. The van der Waals surface area contributed by atoms with Crippen LogP contribution >= 0.6 is 0 Å². The Morgan fingerprint density at radius 1 is 1.12 bits per heavy atom. The van der Waals surface area contributed by atoms with Crippen LogP contribution in [0.3, 0.4) is 0 Å². The summed E-state index contributed by atoms with van der Waals surface area (Å²) in [5, 5.41) is 16.3. The lowest BCUT2D eigenvalue weighted by Crippen LogP contribution is -2.47. The molecule has 1 aliphatic heterocycles. The standard InChI is InChI=1S/C30H35N7O4/c1-3-30(39)35-25-16-26(28(40-2)18-27(25)37-10-8-36(9-11-37)12-14-41-15-13-38)34-29-17-24(32-20-33-29)22-19-31-23-7-5-4-6-21(22)23/h3-7,16-20,31,38H,1,8-15H2,2H3,(H,35,39)(H,32,33,34). The number of aromatic amines is 1. The van der Waals surface area contributed by atoms with E-state index in [4.69, 9.17) is 14.6 Å². The first-order valence-corrected chi connectivity index (χ1v) is 13.6. The highest BCUT2D eigenvalue weighted by molar-refractivity contribution is 6.02. The van der Waals surface area contributed by atoms with Gasteiger partial charge in [-0.15, -0.1) is 0 Å². The Morgan fingerprint density at radius 2 is 1.95 bits per heavy atom. The van der Waals surface area contributed by atoms with Crippen molar-refractivity contribution in [3.05, 3.63) is 67.6 Å². The van der Waals surface area contributed by atoms with E-state index in [1.54, 1.807) is 7.11 Å². The molecule has 0 aliphatic carbocycles. The third-order valence-electron chi connectivity index (χ3n) is 7.06. The molecule has 0 bridgehead atoms. The molecule has 1 fully saturated rings. The number of nitrogens with one attached hydrogen (secondary N) is 3. The number of ether oxygens (including phenoxy) is 2. The lowest BCUT2D eigenvalue weighted by atomic mass is 10.1. The summed E-state index contributed by atoms with van der Waals surface area (Å²) in [5.41, 5.74) is 4.94. The summed E-state index contributed by atoms with van der Waals surface area (Å²) in [6.45, 7) is 8.61. The average Bonchev–Trinajstić information content (AvgIpc) is 3.44. The Morgan fingerprint density at radius 3 is 2.73 bits per heavy atom. The van der Waals surface area contributed by atoms with Crippen molar-refractivity contribution >= 4 is 39.7 Å². The van der Waals surface area contributed by atoms with Crippen molar-refractivity contribution < 1.29 is 19.4 Å². The van der Waals surface area contributed by atoms with E-state index < -0.39 is 0 Å². The number of fused-ring (bicyclic) bond motifs is 1. The Bertz CT molecular complexity index is 1500. The van der Waals surface area contributed by atoms with Crippen molar-refractivity contribution in [2.24, 2.45) is 0 Å². The molecule has 1 saturated heterocycles. The minimum Gasteiger partial charge on any atom is -0.494 e. The van der Waals surface area contributed by atoms with Gasteiger partial charge in [0.2, 0.25) is 5.91 Å². The van der Waals surface area contributed by atoms with Gasteiger partial charge in [-0.2, -0.15) is 0 Å². The zero-order chi connectivity index (χ0) is 28.6. The average molecular weight is 558 g/mol. The highest BCUT2D eigenvalue weighted by atomic mass is 16.5. The van der Waals surface area contributed by atoms with Gasteiger partial charge in [0, 0.05) is 67.5 Å². The van der Waals surface area contributed by atoms with Crippen molar-refractivity contribution in [1.82, 2.24) is 19.9 Å². The van der Waals surface area contributed by atoms with Crippen LogP contribution in [-0.2, 0) is 9.53 Å². The van der Waals surface area contributed by atoms with Gasteiger partial charge in [-0.1, -0.05) is 24.8 Å². The summed E-state index contributed by atoms with van der Waals surface area (Å²) in [6.07, 6.45) is 4.72. The predicted molar refractivity (Wildman–Crippen MR) is 161 cm³/mol. The van der Waals surface area contributed by atoms with Crippen molar-refractivity contribution in [1.29, 1.82) is 0 Å². The number of carbonyl (C=O) groups is 1. The van der Waals surface area contributed by atoms with Gasteiger partial charge in [-0.05, 0) is 18.2 Å². The molecule has 11 heteroatoms. The summed E-state index contributed by atoms with van der Waals surface area (Å²) in [6, 6.07) is 13.7. The fraction of sp³-hybridized carbons (Fsp3) is 0.300. The number of benzene rings is 2. The van der Waals surface area contributed by atoms with Gasteiger partial charge in [0.05, 0.1) is 49.7 Å². The molecule has 0 radical (unpaired) electrons. The van der Waals surface area contributed by atoms with Gasteiger partial charge >= 0.3 is 0 Å². The van der Waals surface area contributed by atoms with Crippen molar-refractivity contribution in [2.75, 3.05) is 75.2 Å². The van der Waals surface area contributed by atoms with Gasteiger partial charge in [-0.25, -0.2) is 9.97 Å². The second-order valence-corrected chi connectivity index (χ2v) is 9.59. The molecular weight excluding hydrogens is 522 g/mol. The van der Waals surface area contributed by atoms with E-state index in [9.17, 15) is 4.79 Å². The predicted octanol–water partition coefficient (Wildman–Crippen LogP) is 3.63. The first kappa shape index (κ1) is 28.1. The van der Waals surface area contributed by atoms with E-state index in [1.807, 2.05) is 42.6 Å². The first-order chi connectivity index (χ1) is 20.1. The number of para-hydroxylation sites is 1. The number of aliphatic hydroxyl groups excluding tert-OH is 1. The second-order valence-electron chi connectivity index (χ2n) is 9.59. The van der Waals surface area contributed by atoms with Crippen LogP contribution in [0, 0.1) is 0 Å². The Balaban J connectivity index is 1.38. The number of piperazine rings is 1. The number of carbonyl (C=O) groups excluding carboxylic acids is 1. The molecule has 0 spiro atoms. The smallest absolute Gasteiger partial charge is 0.247 e. The van der Waals surface area contributed by atoms with E-state index in [1.165, 1.54) is 12.4 Å². The highest BCUT2D eigenvalue weighted by Crippen LogP contribution is 2.39. The number of methoxy groups -OCH3 is 1. The molecule has 214 valence electrons. The molecule has 41 heavy (non-hydrogen) atoms. The lowest BCUT2D eigenvalue weighted by molar-refractivity contribution is -0.111. The molecule has 4 aromatic rings. The summed E-state index contributed by atoms with van der Waals surface area (Å²) in [5.74, 6) is 0.902. The highest BCUT2D eigenvalue weighted by Gasteiger charge is 2.22. The minimum absolute atomic E-state index is 0.0299. The Labute approximate surface area is 238 Å². The maximum Gasteiger partial charge on any atom is 0.247 e. The SMILES string of the molecule is C=CC(=O)Nc1cc(Nc2cc(-c3c[nH]c4ccccc34)ncn2)c(OC)cc1N1CCN(CCOCCO)CC1. The van der Waals surface area contributed by atoms with Gasteiger partial charge in [-0.3, -0.25) is 9.69 Å². The Hall–Kier alpha value is -4.45. The molecule has 2 aromatic carbocycles. The summed E-state index contributed by atoms with van der Waals surface area (Å²) in [7, 11) is 1.62. The van der Waals surface area contributed by atoms with Crippen LogP contribution in [-0.4, -0.2) is 90.5 Å². The number of hydrogen-bond acceptors (Lipinski definition) is 9. The number of aliphatic hydroxyl groups is 1. The zero-order valence-corrected chi connectivity index (χ0v) is 23.1. The van der Waals surface area contributed by atoms with Crippen LogP contribution in [0.1, 0.15) is 0 Å². The molecule has 1 aliphatic rings. The monoisotopic (exact) mass is 557 g/mol. The molecule has 11 nitrogen and oxygen atoms in total.